The minimum atomic E-state index is -0.0675. The van der Waals surface area contributed by atoms with E-state index in [1.54, 1.807) is 27.8 Å². The number of hydrogen-bond donors (Lipinski definition) is 0. The zero-order valence-corrected chi connectivity index (χ0v) is 45.6. The molecule has 6 atom stereocenters. The summed E-state index contributed by atoms with van der Waals surface area (Å²) in [7, 11) is 0. The molecule has 10 aliphatic rings. The van der Waals surface area contributed by atoms with Gasteiger partial charge in [0.2, 0.25) is 0 Å². The molecule has 2 fully saturated rings. The van der Waals surface area contributed by atoms with Crippen molar-refractivity contribution in [2.45, 2.75) is 209 Å². The Labute approximate surface area is 418 Å². The van der Waals surface area contributed by atoms with Gasteiger partial charge in [-0.05, 0) is 204 Å². The molecule has 364 valence electrons. The molecule has 69 heavy (non-hydrogen) atoms. The Hall–Kier alpha value is -3.92. The third-order valence-corrected chi connectivity index (χ3v) is 21.2. The van der Waals surface area contributed by atoms with E-state index in [1.807, 2.05) is 0 Å². The van der Waals surface area contributed by atoms with Gasteiger partial charge in [-0.25, -0.2) is 0 Å². The fourth-order valence-corrected chi connectivity index (χ4v) is 16.3. The van der Waals surface area contributed by atoms with Gasteiger partial charge in [0.1, 0.15) is 5.76 Å². The van der Waals surface area contributed by atoms with Crippen LogP contribution in [0, 0.1) is 40.4 Å². The second kappa shape index (κ2) is 15.1. The molecule has 6 unspecified atom stereocenters. The highest BCUT2D eigenvalue weighted by Gasteiger charge is 2.58. The fraction of sp³-hybridized carbons (Fsp3) is 0.600. The number of anilines is 2. The molecule has 2 saturated carbocycles. The highest BCUT2D eigenvalue weighted by atomic mass is 16.4. The van der Waals surface area contributed by atoms with Crippen molar-refractivity contribution in [3.8, 4) is 0 Å². The van der Waals surface area contributed by atoms with Gasteiger partial charge >= 0.3 is 0 Å². The maximum atomic E-state index is 7.94. The summed E-state index contributed by atoms with van der Waals surface area (Å²) in [5.41, 5.74) is 21.8. The molecule has 2 aromatic rings. The van der Waals surface area contributed by atoms with E-state index in [-0.39, 0.29) is 45.2 Å². The smallest absolute Gasteiger partial charge is 0.251 e. The molecule has 8 aliphatic carbocycles. The Morgan fingerprint density at radius 3 is 2.13 bits per heavy atom. The van der Waals surface area contributed by atoms with Crippen LogP contribution < -0.4 is 10.4 Å². The van der Waals surface area contributed by atoms with Gasteiger partial charge in [-0.15, -0.1) is 0 Å². The highest BCUT2D eigenvalue weighted by Crippen LogP contribution is 2.61. The molecule has 3 nitrogen and oxygen atoms in total. The van der Waals surface area contributed by atoms with Gasteiger partial charge in [-0.1, -0.05) is 145 Å². The monoisotopic (exact) mass is 921 g/mol. The number of rotatable bonds is 3. The fourth-order valence-electron chi connectivity index (χ4n) is 16.3. The number of benzene rings is 1. The summed E-state index contributed by atoms with van der Waals surface area (Å²) in [6, 6.07) is 5.51. The van der Waals surface area contributed by atoms with Crippen LogP contribution in [0.5, 0.6) is 0 Å². The van der Waals surface area contributed by atoms with Gasteiger partial charge in [0.05, 0.1) is 11.7 Å². The molecule has 0 spiro atoms. The molecule has 12 rings (SSSR count). The van der Waals surface area contributed by atoms with Crippen molar-refractivity contribution >= 4 is 29.3 Å². The average Bonchev–Trinajstić information content (AvgIpc) is 3.72. The predicted molar refractivity (Wildman–Crippen MR) is 292 cm³/mol. The summed E-state index contributed by atoms with van der Waals surface area (Å²) in [4.78, 5) is 5.73. The lowest BCUT2D eigenvalue weighted by Crippen LogP contribution is -2.58. The summed E-state index contributed by atoms with van der Waals surface area (Å²) in [5, 5.41) is 0. The van der Waals surface area contributed by atoms with E-state index in [1.165, 1.54) is 94.7 Å². The summed E-state index contributed by atoms with van der Waals surface area (Å²) >= 11 is 0. The lowest BCUT2D eigenvalue weighted by atomic mass is 9.29. The van der Waals surface area contributed by atoms with Crippen molar-refractivity contribution in [3.63, 3.8) is 0 Å². The van der Waals surface area contributed by atoms with Crippen molar-refractivity contribution in [3.05, 3.63) is 128 Å². The van der Waals surface area contributed by atoms with E-state index in [4.69, 9.17) is 4.42 Å². The van der Waals surface area contributed by atoms with Crippen LogP contribution in [0.3, 0.4) is 0 Å². The molecule has 0 saturated heterocycles. The lowest BCUT2D eigenvalue weighted by molar-refractivity contribution is 0.0318. The average molecular weight is 921 g/mol. The van der Waals surface area contributed by atoms with Crippen LogP contribution >= 0.6 is 0 Å². The second-order valence-electron chi connectivity index (χ2n) is 28.6. The largest absolute Gasteiger partial charge is 0.445 e. The van der Waals surface area contributed by atoms with Crippen LogP contribution in [0.1, 0.15) is 209 Å². The Morgan fingerprint density at radius 1 is 0.739 bits per heavy atom. The molecule has 1 aromatic carbocycles. The Morgan fingerprint density at radius 2 is 1.42 bits per heavy atom. The Kier molecular flexibility index (Phi) is 10.1. The second-order valence-corrected chi connectivity index (χ2v) is 28.6. The maximum Gasteiger partial charge on any atom is 0.251 e. The molecule has 0 N–H and O–H groups in total. The molecule has 3 heterocycles. The van der Waals surface area contributed by atoms with Gasteiger partial charge in [-0.3, -0.25) is 0 Å². The van der Waals surface area contributed by atoms with Crippen molar-refractivity contribution < 1.29 is 4.42 Å². The van der Waals surface area contributed by atoms with Crippen LogP contribution in [0.4, 0.5) is 11.6 Å². The quantitative estimate of drug-likeness (QED) is 0.286. The van der Waals surface area contributed by atoms with Gasteiger partial charge in [0.15, 0.2) is 5.88 Å². The molecular formula is C65H85BN2O. The number of fused-ring (bicyclic) bond motifs is 8. The normalized spacial score (nSPS) is 32.6. The molecular weight excluding hydrogens is 836 g/mol. The zero-order chi connectivity index (χ0) is 48.7. The number of furan rings is 1. The summed E-state index contributed by atoms with van der Waals surface area (Å²) in [6.07, 6.45) is 34.8. The van der Waals surface area contributed by atoms with Crippen LogP contribution in [0.15, 0.2) is 104 Å². The van der Waals surface area contributed by atoms with Gasteiger partial charge in [0.25, 0.3) is 6.71 Å². The molecule has 0 radical (unpaired) electrons. The van der Waals surface area contributed by atoms with Crippen LogP contribution in [-0.2, 0) is 21.7 Å². The molecule has 0 amide bonds. The zero-order valence-electron chi connectivity index (χ0n) is 45.6. The topological polar surface area (TPSA) is 19.6 Å². The Balaban J connectivity index is 1.19. The standard InChI is InChI=1S/C65H85BN2O/c1-38-31-53-56-54(32-38)68(51-37-49-48(62(8,9)27-28-63(49,10)11)34-45(51)41-19-17-16-18-20-41)59-57(55-58(69-59)65(14,15)30-29-64(55,12)13)66(56)50-35-43-39(2)21-22-40(3)44(43)36-52(50)67(53)42-23-24-46-47(33-42)61(6,7)26-25-60(46,4)5/h16-17,19,23-24,31,33-35,37,39-40,44,46-47,54H,18,20-22,25-30,32,36H2,1-15H3. The van der Waals surface area contributed by atoms with Crippen molar-refractivity contribution in [1.82, 2.24) is 4.90 Å². The third kappa shape index (κ3) is 6.77. The number of hydrogen-bond acceptors (Lipinski definition) is 3. The van der Waals surface area contributed by atoms with Crippen LogP contribution in [0.25, 0.3) is 5.57 Å². The molecule has 0 bridgehead atoms. The summed E-state index contributed by atoms with van der Waals surface area (Å²) < 4.78 is 7.94. The predicted octanol–water partition coefficient (Wildman–Crippen LogP) is 16.7. The van der Waals surface area contributed by atoms with Crippen LogP contribution in [-0.4, -0.2) is 17.7 Å². The van der Waals surface area contributed by atoms with E-state index < -0.39 is 0 Å². The van der Waals surface area contributed by atoms with E-state index in [0.29, 0.717) is 29.6 Å². The summed E-state index contributed by atoms with van der Waals surface area (Å²) in [6.45, 7) is 38.0. The van der Waals surface area contributed by atoms with Crippen LogP contribution in [0.2, 0.25) is 0 Å². The highest BCUT2D eigenvalue weighted by molar-refractivity contribution is 6.89. The lowest BCUT2D eigenvalue weighted by Gasteiger charge is -2.54. The van der Waals surface area contributed by atoms with E-state index >= 15 is 0 Å². The minimum Gasteiger partial charge on any atom is -0.445 e. The van der Waals surface area contributed by atoms with E-state index in [9.17, 15) is 0 Å². The van der Waals surface area contributed by atoms with E-state index in [0.717, 1.165) is 44.4 Å². The molecule has 4 heteroatoms. The minimum absolute atomic E-state index is 0.0269. The Bertz CT molecular complexity index is 2830. The van der Waals surface area contributed by atoms with Gasteiger partial charge in [-0.2, -0.15) is 0 Å². The van der Waals surface area contributed by atoms with Crippen molar-refractivity contribution in [1.29, 1.82) is 0 Å². The van der Waals surface area contributed by atoms with Gasteiger partial charge in [0, 0.05) is 28.1 Å². The van der Waals surface area contributed by atoms with Gasteiger partial charge < -0.3 is 14.2 Å². The van der Waals surface area contributed by atoms with E-state index in [2.05, 4.69) is 174 Å². The SMILES string of the molecule is CC1=CC2=C3B(C4=C(CC5C(=C4)C(C)CCC5C)N2C2=CC4C(C=C2)C(C)(C)CCC4(C)C)c2c(oc4c2C(C)(C)CCC4(C)C)N(c2cc4c(cc2C2=CC=CCC2)C(C)(C)CCC4(C)C)C3C1. The summed E-state index contributed by atoms with van der Waals surface area (Å²) in [5.74, 6) is 5.27. The van der Waals surface area contributed by atoms with Crippen molar-refractivity contribution in [2.24, 2.45) is 40.4 Å². The third-order valence-electron chi connectivity index (χ3n) is 21.2. The number of allylic oxidation sites excluding steroid dienone is 12. The first-order chi connectivity index (χ1) is 32.4. The first-order valence-electron chi connectivity index (χ1n) is 28.0. The first kappa shape index (κ1) is 46.2. The molecule has 2 aliphatic heterocycles. The first-order valence-corrected chi connectivity index (χ1v) is 28.0. The number of nitrogens with zero attached hydrogens (tertiary/aromatic N) is 2. The van der Waals surface area contributed by atoms with Crippen molar-refractivity contribution in [2.75, 3.05) is 4.90 Å². The molecule has 1 aromatic heterocycles. The maximum absolute atomic E-state index is 7.94.